The van der Waals surface area contributed by atoms with E-state index >= 15 is 0 Å². The molecule has 0 aliphatic carbocycles. The van der Waals surface area contributed by atoms with Crippen LogP contribution in [-0.4, -0.2) is 52.6 Å². The van der Waals surface area contributed by atoms with Gasteiger partial charge in [0.15, 0.2) is 0 Å². The molecule has 2 aromatic rings. The largest absolute Gasteiger partial charge is 0.295 e. The summed E-state index contributed by atoms with van der Waals surface area (Å²) in [4.78, 5) is 52.8. The number of rotatable bonds is 4. The van der Waals surface area contributed by atoms with Crippen LogP contribution < -0.4 is 5.32 Å². The number of hydrogen-bond donors (Lipinski definition) is 1. The van der Waals surface area contributed by atoms with E-state index in [2.05, 4.69) is 16.3 Å². The Hall–Kier alpha value is -3.00. The van der Waals surface area contributed by atoms with Gasteiger partial charge in [-0.3, -0.25) is 34.3 Å². The minimum absolute atomic E-state index is 0.0971. The normalized spacial score (nSPS) is 20.9. The van der Waals surface area contributed by atoms with Gasteiger partial charge in [0.05, 0.1) is 21.2 Å². The first-order valence-electron chi connectivity index (χ1n) is 11.0. The van der Waals surface area contributed by atoms with Crippen molar-refractivity contribution in [2.45, 2.75) is 31.8 Å². The summed E-state index contributed by atoms with van der Waals surface area (Å²) in [6.07, 6.45) is 3.18. The summed E-state index contributed by atoms with van der Waals surface area (Å²) in [5.74, 6) is -1.99. The number of nitrogens with one attached hydrogen (secondary N) is 1. The molecule has 0 radical (unpaired) electrons. The van der Waals surface area contributed by atoms with E-state index in [1.165, 1.54) is 0 Å². The van der Waals surface area contributed by atoms with Crippen molar-refractivity contribution in [2.24, 2.45) is 0 Å². The molecule has 3 aliphatic rings. The van der Waals surface area contributed by atoms with Crippen molar-refractivity contribution >= 4 is 52.4 Å². The minimum Gasteiger partial charge on any atom is -0.295 e. The molecule has 5 rings (SSSR count). The number of imide groups is 2. The van der Waals surface area contributed by atoms with E-state index in [1.54, 1.807) is 18.2 Å². The van der Waals surface area contributed by atoms with Crippen molar-refractivity contribution in [3.63, 3.8) is 0 Å². The highest BCUT2D eigenvalue weighted by Crippen LogP contribution is 2.34. The lowest BCUT2D eigenvalue weighted by molar-refractivity contribution is -0.136. The fraction of sp³-hybridized carbons (Fsp3) is 0.280. The van der Waals surface area contributed by atoms with Gasteiger partial charge in [0, 0.05) is 26.1 Å². The molecule has 0 aromatic heterocycles. The van der Waals surface area contributed by atoms with Gasteiger partial charge in [-0.25, -0.2) is 0 Å². The third kappa shape index (κ3) is 4.04. The number of amides is 4. The Kier molecular flexibility index (Phi) is 6.02. The van der Waals surface area contributed by atoms with Gasteiger partial charge < -0.3 is 0 Å². The number of hydrogen-bond acceptors (Lipinski definition) is 5. The summed E-state index contributed by atoms with van der Waals surface area (Å²) in [7, 11) is 0. The van der Waals surface area contributed by atoms with Crippen LogP contribution in [0.4, 0.5) is 0 Å². The molecular weight excluding hydrogens is 477 g/mol. The Bertz CT molecular complexity index is 1270. The van der Waals surface area contributed by atoms with E-state index in [9.17, 15) is 19.2 Å². The van der Waals surface area contributed by atoms with E-state index < -0.39 is 29.7 Å². The molecule has 1 unspecified atom stereocenters. The molecule has 4 amide bonds. The molecule has 9 heteroatoms. The fourth-order valence-electron chi connectivity index (χ4n) is 4.73. The zero-order chi connectivity index (χ0) is 24.0. The molecule has 7 nitrogen and oxygen atoms in total. The van der Waals surface area contributed by atoms with Gasteiger partial charge in [-0.15, -0.1) is 0 Å². The van der Waals surface area contributed by atoms with Crippen LogP contribution in [-0.2, 0) is 16.1 Å². The standard InChI is InChI=1S/C25H21Cl2N3O4/c26-19-3-1-2-16(22(19)27)15-8-10-29(11-9-15)13-14-4-5-17-18(12-14)25(34)30(24(17)33)20-6-7-21(31)28-23(20)32/h1-5,8,12,20H,6-7,9-11,13H2,(H,28,31,32). The second kappa shape index (κ2) is 8.98. The van der Waals surface area contributed by atoms with Crippen LogP contribution in [0.25, 0.3) is 5.57 Å². The predicted molar refractivity (Wildman–Crippen MR) is 127 cm³/mol. The number of nitrogens with zero attached hydrogens (tertiary/aromatic N) is 2. The number of carbonyl (C=O) groups excluding carboxylic acids is 4. The molecule has 3 aliphatic heterocycles. The van der Waals surface area contributed by atoms with Crippen molar-refractivity contribution in [3.8, 4) is 0 Å². The zero-order valence-electron chi connectivity index (χ0n) is 18.1. The van der Waals surface area contributed by atoms with Crippen LogP contribution in [0, 0.1) is 0 Å². The van der Waals surface area contributed by atoms with Crippen molar-refractivity contribution in [2.75, 3.05) is 13.1 Å². The number of piperidine rings is 1. The average Bonchev–Trinajstić information content (AvgIpc) is 3.06. The second-order valence-electron chi connectivity index (χ2n) is 8.64. The minimum atomic E-state index is -0.961. The molecule has 174 valence electrons. The van der Waals surface area contributed by atoms with Crippen molar-refractivity contribution in [1.82, 2.24) is 15.1 Å². The third-order valence-electron chi connectivity index (χ3n) is 6.50. The molecule has 0 saturated carbocycles. The van der Waals surface area contributed by atoms with E-state index in [0.717, 1.165) is 34.6 Å². The summed E-state index contributed by atoms with van der Waals surface area (Å²) in [6, 6.07) is 9.88. The van der Waals surface area contributed by atoms with Gasteiger partial charge in [-0.05, 0) is 47.7 Å². The van der Waals surface area contributed by atoms with E-state index in [4.69, 9.17) is 23.2 Å². The molecule has 34 heavy (non-hydrogen) atoms. The van der Waals surface area contributed by atoms with Gasteiger partial charge in [-0.2, -0.15) is 0 Å². The summed E-state index contributed by atoms with van der Waals surface area (Å²) in [5.41, 5.74) is 3.59. The smallest absolute Gasteiger partial charge is 0.262 e. The number of halogens is 2. The Morgan fingerprint density at radius 1 is 0.941 bits per heavy atom. The molecule has 1 atom stereocenters. The average molecular weight is 498 g/mol. The Labute approximate surface area is 206 Å². The Balaban J connectivity index is 1.30. The predicted octanol–water partition coefficient (Wildman–Crippen LogP) is 3.68. The molecule has 1 saturated heterocycles. The quantitative estimate of drug-likeness (QED) is 0.651. The lowest BCUT2D eigenvalue weighted by atomic mass is 9.98. The second-order valence-corrected chi connectivity index (χ2v) is 9.43. The van der Waals surface area contributed by atoms with Gasteiger partial charge >= 0.3 is 0 Å². The number of benzene rings is 2. The lowest BCUT2D eigenvalue weighted by Gasteiger charge is -2.27. The van der Waals surface area contributed by atoms with Crippen molar-refractivity contribution in [3.05, 3.63) is 74.8 Å². The van der Waals surface area contributed by atoms with Crippen LogP contribution in [0.2, 0.25) is 10.0 Å². The Morgan fingerprint density at radius 2 is 1.74 bits per heavy atom. The SMILES string of the molecule is O=C1CCC(N2C(=O)c3ccc(CN4CC=C(c5cccc(Cl)c5Cl)CC4)cc3C2=O)C(=O)N1. The lowest BCUT2D eigenvalue weighted by Crippen LogP contribution is -2.54. The van der Waals surface area contributed by atoms with Gasteiger partial charge in [-0.1, -0.05) is 47.5 Å². The molecule has 1 N–H and O–H groups in total. The van der Waals surface area contributed by atoms with Gasteiger partial charge in [0.25, 0.3) is 11.8 Å². The van der Waals surface area contributed by atoms with Gasteiger partial charge in [0.2, 0.25) is 11.8 Å². The molecular formula is C25H21Cl2N3O4. The first kappa shape index (κ1) is 22.8. The molecule has 2 aromatic carbocycles. The monoisotopic (exact) mass is 497 g/mol. The highest BCUT2D eigenvalue weighted by molar-refractivity contribution is 6.43. The maximum absolute atomic E-state index is 13.0. The maximum Gasteiger partial charge on any atom is 0.262 e. The summed E-state index contributed by atoms with van der Waals surface area (Å²) < 4.78 is 0. The molecule has 1 fully saturated rings. The molecule has 0 spiro atoms. The van der Waals surface area contributed by atoms with Crippen LogP contribution in [0.15, 0.2) is 42.5 Å². The number of carbonyl (C=O) groups is 4. The van der Waals surface area contributed by atoms with Crippen LogP contribution >= 0.6 is 23.2 Å². The summed E-state index contributed by atoms with van der Waals surface area (Å²) >= 11 is 12.5. The first-order valence-corrected chi connectivity index (χ1v) is 11.8. The molecule has 3 heterocycles. The van der Waals surface area contributed by atoms with Crippen molar-refractivity contribution in [1.29, 1.82) is 0 Å². The topological polar surface area (TPSA) is 86.8 Å². The van der Waals surface area contributed by atoms with E-state index in [0.29, 0.717) is 28.7 Å². The number of fused-ring (bicyclic) bond motifs is 1. The van der Waals surface area contributed by atoms with E-state index in [-0.39, 0.29) is 18.4 Å². The van der Waals surface area contributed by atoms with E-state index in [1.807, 2.05) is 18.2 Å². The van der Waals surface area contributed by atoms with Crippen LogP contribution in [0.5, 0.6) is 0 Å². The van der Waals surface area contributed by atoms with Gasteiger partial charge in [0.1, 0.15) is 6.04 Å². The highest BCUT2D eigenvalue weighted by atomic mass is 35.5. The summed E-state index contributed by atoms with van der Waals surface area (Å²) in [5, 5.41) is 3.30. The zero-order valence-corrected chi connectivity index (χ0v) is 19.7. The Morgan fingerprint density at radius 3 is 2.47 bits per heavy atom. The molecule has 0 bridgehead atoms. The van der Waals surface area contributed by atoms with Crippen LogP contribution in [0.3, 0.4) is 0 Å². The maximum atomic E-state index is 13.0. The third-order valence-corrected chi connectivity index (χ3v) is 7.32. The van der Waals surface area contributed by atoms with Crippen molar-refractivity contribution < 1.29 is 19.2 Å². The van der Waals surface area contributed by atoms with Crippen LogP contribution in [0.1, 0.15) is 51.1 Å². The first-order chi connectivity index (χ1) is 16.3. The fourth-order valence-corrected chi connectivity index (χ4v) is 5.15. The summed E-state index contributed by atoms with van der Waals surface area (Å²) in [6.45, 7) is 2.13. The highest BCUT2D eigenvalue weighted by Gasteiger charge is 2.44.